The van der Waals surface area contributed by atoms with Gasteiger partial charge in [0.05, 0.1) is 16.4 Å². The summed E-state index contributed by atoms with van der Waals surface area (Å²) in [4.78, 5) is 18.7. The minimum atomic E-state index is 0.0391. The second-order valence-corrected chi connectivity index (χ2v) is 6.37. The summed E-state index contributed by atoms with van der Waals surface area (Å²) in [6, 6.07) is 0. The number of piperidine rings is 1. The van der Waals surface area contributed by atoms with Crippen LogP contribution in [0.3, 0.4) is 0 Å². The molecule has 2 aromatic heterocycles. The summed E-state index contributed by atoms with van der Waals surface area (Å²) in [7, 11) is 0. The third-order valence-electron chi connectivity index (χ3n) is 4.26. The Hall–Kier alpha value is -1.89. The second kappa shape index (κ2) is 6.31. The number of carbonyl (C=O) groups is 1. The van der Waals surface area contributed by atoms with Gasteiger partial charge < -0.3 is 9.42 Å². The molecule has 2 aromatic rings. The van der Waals surface area contributed by atoms with Crippen molar-refractivity contribution in [2.24, 2.45) is 0 Å². The van der Waals surface area contributed by atoms with E-state index in [1.54, 1.807) is 11.6 Å². The normalized spacial score (nSPS) is 18.4. The minimum Gasteiger partial charge on any atom is -0.340 e. The Bertz CT molecular complexity index is 724. The Morgan fingerprint density at radius 1 is 1.39 bits per heavy atom. The maximum Gasteiger partial charge on any atom is 0.244 e. The van der Waals surface area contributed by atoms with Crippen LogP contribution in [-0.4, -0.2) is 43.8 Å². The van der Waals surface area contributed by atoms with E-state index in [1.165, 1.54) is 0 Å². The lowest BCUT2D eigenvalue weighted by atomic mass is 9.97. The zero-order valence-corrected chi connectivity index (χ0v) is 14.3. The molecule has 1 fully saturated rings. The van der Waals surface area contributed by atoms with Gasteiger partial charge in [0, 0.05) is 25.9 Å². The molecular formula is C15H20ClN5O2. The molecule has 0 spiro atoms. The van der Waals surface area contributed by atoms with Crippen molar-refractivity contribution in [2.75, 3.05) is 13.1 Å². The van der Waals surface area contributed by atoms with Crippen LogP contribution in [0.1, 0.15) is 41.9 Å². The summed E-state index contributed by atoms with van der Waals surface area (Å²) in [5.74, 6) is 1.42. The highest BCUT2D eigenvalue weighted by molar-refractivity contribution is 6.31. The summed E-state index contributed by atoms with van der Waals surface area (Å²) >= 11 is 6.14. The predicted molar refractivity (Wildman–Crippen MR) is 84.3 cm³/mol. The van der Waals surface area contributed by atoms with Gasteiger partial charge >= 0.3 is 0 Å². The average Bonchev–Trinajstić information content (AvgIpc) is 3.07. The molecule has 3 heterocycles. The number of amides is 1. The van der Waals surface area contributed by atoms with Crippen molar-refractivity contribution in [1.29, 1.82) is 0 Å². The number of aryl methyl sites for hydroxylation is 2. The first-order valence-electron chi connectivity index (χ1n) is 7.73. The van der Waals surface area contributed by atoms with Gasteiger partial charge in [-0.3, -0.25) is 9.48 Å². The van der Waals surface area contributed by atoms with Crippen LogP contribution in [0.25, 0.3) is 0 Å². The molecule has 1 atom stereocenters. The summed E-state index contributed by atoms with van der Waals surface area (Å²) in [5, 5.41) is 8.93. The second-order valence-electron chi connectivity index (χ2n) is 5.99. The van der Waals surface area contributed by atoms with Crippen molar-refractivity contribution in [2.45, 2.75) is 46.1 Å². The fourth-order valence-electron chi connectivity index (χ4n) is 2.95. The maximum atomic E-state index is 12.6. The Morgan fingerprint density at radius 2 is 2.17 bits per heavy atom. The molecule has 7 nitrogen and oxygen atoms in total. The molecule has 0 aliphatic carbocycles. The van der Waals surface area contributed by atoms with Crippen LogP contribution in [0.2, 0.25) is 5.02 Å². The SMILES string of the molecule is Cc1nc([C@@H]2CCCN(C(=O)Cn3nc(C)c(Cl)c3C)C2)no1. The number of likely N-dealkylation sites (tertiary alicyclic amines) is 1. The molecule has 0 aromatic carbocycles. The van der Waals surface area contributed by atoms with Gasteiger partial charge in [-0.15, -0.1) is 0 Å². The molecule has 0 saturated carbocycles. The third kappa shape index (κ3) is 3.24. The molecule has 0 radical (unpaired) electrons. The van der Waals surface area contributed by atoms with Crippen molar-refractivity contribution in [3.63, 3.8) is 0 Å². The van der Waals surface area contributed by atoms with Crippen molar-refractivity contribution in [3.8, 4) is 0 Å². The molecule has 1 aliphatic heterocycles. The monoisotopic (exact) mass is 337 g/mol. The molecule has 1 amide bonds. The fourth-order valence-corrected chi connectivity index (χ4v) is 3.09. The Balaban J connectivity index is 1.68. The van der Waals surface area contributed by atoms with Crippen molar-refractivity contribution >= 4 is 17.5 Å². The molecule has 23 heavy (non-hydrogen) atoms. The molecule has 8 heteroatoms. The molecule has 0 N–H and O–H groups in total. The number of aromatic nitrogens is 4. The smallest absolute Gasteiger partial charge is 0.244 e. The van der Waals surface area contributed by atoms with Gasteiger partial charge in [0.2, 0.25) is 11.8 Å². The van der Waals surface area contributed by atoms with Crippen LogP contribution >= 0.6 is 11.6 Å². The Morgan fingerprint density at radius 3 is 2.78 bits per heavy atom. The van der Waals surface area contributed by atoms with E-state index in [0.29, 0.717) is 23.3 Å². The maximum absolute atomic E-state index is 12.6. The predicted octanol–water partition coefficient (Wildman–Crippen LogP) is 2.25. The van der Waals surface area contributed by atoms with Gasteiger partial charge in [-0.2, -0.15) is 10.1 Å². The van der Waals surface area contributed by atoms with Gasteiger partial charge in [-0.25, -0.2) is 0 Å². The van der Waals surface area contributed by atoms with E-state index in [2.05, 4.69) is 15.2 Å². The van der Waals surface area contributed by atoms with Crippen LogP contribution in [0.4, 0.5) is 0 Å². The van der Waals surface area contributed by atoms with Crippen LogP contribution in [-0.2, 0) is 11.3 Å². The summed E-state index contributed by atoms with van der Waals surface area (Å²) in [6.07, 6.45) is 1.90. The fraction of sp³-hybridized carbons (Fsp3) is 0.600. The molecule has 1 saturated heterocycles. The standard InChI is InChI=1S/C15H20ClN5O2/c1-9-14(16)10(2)21(18-9)8-13(22)20-6-4-5-12(7-20)15-17-11(3)23-19-15/h12H,4-8H2,1-3H3/t12-/m1/s1. The Labute approximate surface area is 139 Å². The van der Waals surface area contributed by atoms with Gasteiger partial charge in [0.1, 0.15) is 6.54 Å². The number of carbonyl (C=O) groups excluding carboxylic acids is 1. The van der Waals surface area contributed by atoms with E-state index < -0.39 is 0 Å². The van der Waals surface area contributed by atoms with E-state index in [1.807, 2.05) is 18.7 Å². The summed E-state index contributed by atoms with van der Waals surface area (Å²) in [5.41, 5.74) is 1.57. The molecule has 0 bridgehead atoms. The topological polar surface area (TPSA) is 77.1 Å². The van der Waals surface area contributed by atoms with Crippen molar-refractivity contribution in [1.82, 2.24) is 24.8 Å². The van der Waals surface area contributed by atoms with Crippen molar-refractivity contribution in [3.05, 3.63) is 28.1 Å². The molecule has 3 rings (SSSR count). The van der Waals surface area contributed by atoms with E-state index in [4.69, 9.17) is 16.1 Å². The zero-order valence-electron chi connectivity index (χ0n) is 13.5. The van der Waals surface area contributed by atoms with Crippen LogP contribution in [0, 0.1) is 20.8 Å². The van der Waals surface area contributed by atoms with Crippen LogP contribution in [0.5, 0.6) is 0 Å². The van der Waals surface area contributed by atoms with Crippen molar-refractivity contribution < 1.29 is 9.32 Å². The van der Waals surface area contributed by atoms with Crippen LogP contribution < -0.4 is 0 Å². The average molecular weight is 338 g/mol. The highest BCUT2D eigenvalue weighted by atomic mass is 35.5. The highest BCUT2D eigenvalue weighted by Crippen LogP contribution is 2.25. The number of hydrogen-bond donors (Lipinski definition) is 0. The molecule has 124 valence electrons. The molecule has 1 aliphatic rings. The van der Waals surface area contributed by atoms with Gasteiger partial charge in [-0.05, 0) is 26.7 Å². The largest absolute Gasteiger partial charge is 0.340 e. The quantitative estimate of drug-likeness (QED) is 0.858. The highest BCUT2D eigenvalue weighted by Gasteiger charge is 2.28. The van der Waals surface area contributed by atoms with E-state index in [0.717, 1.165) is 30.8 Å². The Kier molecular flexibility index (Phi) is 4.39. The lowest BCUT2D eigenvalue weighted by Gasteiger charge is -2.31. The molecular weight excluding hydrogens is 318 g/mol. The first-order chi connectivity index (χ1) is 11.0. The van der Waals surface area contributed by atoms with E-state index in [-0.39, 0.29) is 18.4 Å². The first kappa shape index (κ1) is 16.0. The number of halogens is 1. The van der Waals surface area contributed by atoms with E-state index >= 15 is 0 Å². The number of hydrogen-bond acceptors (Lipinski definition) is 5. The third-order valence-corrected chi connectivity index (χ3v) is 4.81. The summed E-state index contributed by atoms with van der Waals surface area (Å²) in [6.45, 7) is 7.05. The number of nitrogens with zero attached hydrogens (tertiary/aromatic N) is 5. The minimum absolute atomic E-state index is 0.0391. The number of rotatable bonds is 3. The molecule has 0 unspecified atom stereocenters. The van der Waals surface area contributed by atoms with Gasteiger partial charge in [0.25, 0.3) is 0 Å². The lowest BCUT2D eigenvalue weighted by molar-refractivity contribution is -0.133. The van der Waals surface area contributed by atoms with Gasteiger partial charge in [-0.1, -0.05) is 16.8 Å². The van der Waals surface area contributed by atoms with E-state index in [9.17, 15) is 4.79 Å². The summed E-state index contributed by atoms with van der Waals surface area (Å²) < 4.78 is 6.72. The first-order valence-corrected chi connectivity index (χ1v) is 8.11. The van der Waals surface area contributed by atoms with Crippen LogP contribution in [0.15, 0.2) is 4.52 Å². The zero-order chi connectivity index (χ0) is 16.6. The van der Waals surface area contributed by atoms with Gasteiger partial charge in [0.15, 0.2) is 5.82 Å². The lowest BCUT2D eigenvalue weighted by Crippen LogP contribution is -2.41.